The van der Waals surface area contributed by atoms with Crippen molar-refractivity contribution in [2.24, 2.45) is 0 Å². The fraction of sp³-hybridized carbons (Fsp3) is 0.182. The Bertz CT molecular complexity index is 1080. The standard InChI is InChI=1S/C16H20O7P2.C6H6O2/c1-11-7-5-8-12(2)15(11)21-24(17,18)23-25(19,20)22-16-13(3)9-6-10-14(16)4;7-5-2-1-3-6(8)4-5/h5-10H,1-4H3,(H,17,18)(H,19,20);1-4,7-8H. The molecular weight excluding hydrogens is 470 g/mol. The Morgan fingerprint density at radius 2 is 0.909 bits per heavy atom. The molecule has 0 saturated heterocycles. The average molecular weight is 496 g/mol. The van der Waals surface area contributed by atoms with Crippen LogP contribution in [-0.2, 0) is 13.4 Å². The molecule has 0 spiro atoms. The van der Waals surface area contributed by atoms with Crippen molar-refractivity contribution in [3.63, 3.8) is 0 Å². The van der Waals surface area contributed by atoms with Crippen LogP contribution in [-0.4, -0.2) is 20.0 Å². The van der Waals surface area contributed by atoms with E-state index in [1.165, 1.54) is 18.2 Å². The van der Waals surface area contributed by atoms with E-state index in [1.54, 1.807) is 70.2 Å². The van der Waals surface area contributed by atoms with Crippen LogP contribution in [0.3, 0.4) is 0 Å². The lowest BCUT2D eigenvalue weighted by Gasteiger charge is -2.20. The Balaban J connectivity index is 0.000000405. The van der Waals surface area contributed by atoms with E-state index in [-0.39, 0.29) is 23.0 Å². The number of benzene rings is 3. The molecule has 0 bridgehead atoms. The van der Waals surface area contributed by atoms with Gasteiger partial charge in [-0.15, -0.1) is 0 Å². The van der Waals surface area contributed by atoms with Crippen molar-refractivity contribution < 1.29 is 42.5 Å². The summed E-state index contributed by atoms with van der Waals surface area (Å²) in [7, 11) is -9.79. The summed E-state index contributed by atoms with van der Waals surface area (Å²) in [5.74, 6) is 0.399. The van der Waals surface area contributed by atoms with Gasteiger partial charge in [-0.05, 0) is 62.1 Å². The third-order valence-electron chi connectivity index (χ3n) is 4.27. The molecule has 0 radical (unpaired) electrons. The van der Waals surface area contributed by atoms with Crippen molar-refractivity contribution >= 4 is 15.6 Å². The maximum atomic E-state index is 12.2. The maximum absolute atomic E-state index is 12.2. The monoisotopic (exact) mass is 496 g/mol. The van der Waals surface area contributed by atoms with Crippen LogP contribution in [0, 0.1) is 27.7 Å². The molecular formula is C22H26O9P2. The lowest BCUT2D eigenvalue weighted by Crippen LogP contribution is -2.03. The normalized spacial score (nSPS) is 14.2. The Kier molecular flexibility index (Phi) is 8.72. The molecule has 0 aliphatic rings. The minimum Gasteiger partial charge on any atom is -0.508 e. The van der Waals surface area contributed by atoms with Gasteiger partial charge in [-0.25, -0.2) is 9.13 Å². The second kappa shape index (κ2) is 10.9. The van der Waals surface area contributed by atoms with Crippen LogP contribution in [0.2, 0.25) is 0 Å². The number of hydrogen-bond acceptors (Lipinski definition) is 7. The summed E-state index contributed by atoms with van der Waals surface area (Å²) >= 11 is 0. The van der Waals surface area contributed by atoms with Crippen LogP contribution in [0.4, 0.5) is 0 Å². The number of phosphoric ester groups is 2. The average Bonchev–Trinajstić information content (AvgIpc) is 2.67. The third-order valence-corrected chi connectivity index (χ3v) is 6.74. The zero-order chi connectivity index (χ0) is 24.8. The molecule has 2 unspecified atom stereocenters. The molecule has 11 heteroatoms. The van der Waals surface area contributed by atoms with Gasteiger partial charge in [-0.2, -0.15) is 4.31 Å². The SMILES string of the molecule is Cc1cccc(C)c1OP(=O)(O)OP(=O)(O)Oc1c(C)cccc1C.Oc1cccc(O)c1. The van der Waals surface area contributed by atoms with Gasteiger partial charge in [0.1, 0.15) is 23.0 Å². The highest BCUT2D eigenvalue weighted by Crippen LogP contribution is 2.60. The molecule has 178 valence electrons. The second-order valence-corrected chi connectivity index (χ2v) is 10.1. The number of phosphoric acid groups is 2. The molecule has 33 heavy (non-hydrogen) atoms. The van der Waals surface area contributed by atoms with Crippen LogP contribution in [0.5, 0.6) is 23.0 Å². The number of para-hydroxylation sites is 2. The largest absolute Gasteiger partial charge is 0.537 e. The lowest BCUT2D eigenvalue weighted by atomic mass is 10.1. The van der Waals surface area contributed by atoms with Gasteiger partial charge in [-0.3, -0.25) is 9.79 Å². The first kappa shape index (κ1) is 26.5. The number of phenolic OH excluding ortho intramolecular Hbond substituents is 2. The number of phenols is 2. The first-order valence-corrected chi connectivity index (χ1v) is 12.7. The first-order valence-electron chi connectivity index (χ1n) is 9.66. The quantitative estimate of drug-likeness (QED) is 0.316. The van der Waals surface area contributed by atoms with E-state index in [0.29, 0.717) is 22.3 Å². The van der Waals surface area contributed by atoms with Crippen molar-refractivity contribution in [1.29, 1.82) is 0 Å². The summed E-state index contributed by atoms with van der Waals surface area (Å²) in [5.41, 5.74) is 2.34. The summed E-state index contributed by atoms with van der Waals surface area (Å²) in [5, 5.41) is 17.3. The highest BCUT2D eigenvalue weighted by Gasteiger charge is 2.39. The molecule has 0 aliphatic heterocycles. The van der Waals surface area contributed by atoms with Crippen molar-refractivity contribution in [3.8, 4) is 23.0 Å². The fourth-order valence-electron chi connectivity index (χ4n) is 2.77. The molecule has 0 aliphatic carbocycles. The van der Waals surface area contributed by atoms with Crippen molar-refractivity contribution in [3.05, 3.63) is 82.9 Å². The molecule has 0 fully saturated rings. The van der Waals surface area contributed by atoms with E-state index in [9.17, 15) is 18.9 Å². The van der Waals surface area contributed by atoms with E-state index in [4.69, 9.17) is 19.3 Å². The maximum Gasteiger partial charge on any atom is 0.537 e. The number of hydrogen-bond donors (Lipinski definition) is 4. The molecule has 0 heterocycles. The Hall–Kier alpha value is -2.80. The van der Waals surface area contributed by atoms with E-state index in [1.807, 2.05) is 0 Å². The summed E-state index contributed by atoms with van der Waals surface area (Å²) in [6.07, 6.45) is 0. The van der Waals surface area contributed by atoms with Gasteiger partial charge in [0.2, 0.25) is 0 Å². The van der Waals surface area contributed by atoms with Crippen LogP contribution < -0.4 is 9.05 Å². The molecule has 3 aromatic carbocycles. The summed E-state index contributed by atoms with van der Waals surface area (Å²) in [6.45, 7) is 6.70. The number of aromatic hydroxyl groups is 2. The molecule has 0 aromatic heterocycles. The van der Waals surface area contributed by atoms with Crippen LogP contribution in [0.15, 0.2) is 60.7 Å². The Morgan fingerprint density at radius 1 is 0.606 bits per heavy atom. The molecule has 2 atom stereocenters. The molecule has 9 nitrogen and oxygen atoms in total. The van der Waals surface area contributed by atoms with Gasteiger partial charge in [-0.1, -0.05) is 42.5 Å². The lowest BCUT2D eigenvalue weighted by molar-refractivity contribution is 0.233. The smallest absolute Gasteiger partial charge is 0.508 e. The zero-order valence-electron chi connectivity index (χ0n) is 18.5. The van der Waals surface area contributed by atoms with E-state index >= 15 is 0 Å². The van der Waals surface area contributed by atoms with Gasteiger partial charge < -0.3 is 19.3 Å². The third kappa shape index (κ3) is 8.24. The molecule has 0 amide bonds. The predicted octanol–water partition coefficient (Wildman–Crippen LogP) is 5.69. The van der Waals surface area contributed by atoms with E-state index in [2.05, 4.69) is 4.31 Å². The van der Waals surface area contributed by atoms with Gasteiger partial charge in [0, 0.05) is 6.07 Å². The summed E-state index contributed by atoms with van der Waals surface area (Å²) in [4.78, 5) is 19.7. The van der Waals surface area contributed by atoms with Gasteiger partial charge in [0.25, 0.3) is 0 Å². The van der Waals surface area contributed by atoms with Crippen molar-refractivity contribution in [2.75, 3.05) is 0 Å². The number of rotatable bonds is 6. The van der Waals surface area contributed by atoms with Crippen molar-refractivity contribution in [2.45, 2.75) is 27.7 Å². The van der Waals surface area contributed by atoms with Crippen molar-refractivity contribution in [1.82, 2.24) is 0 Å². The number of aryl methyl sites for hydroxylation is 4. The molecule has 4 N–H and O–H groups in total. The van der Waals surface area contributed by atoms with Crippen LogP contribution in [0.25, 0.3) is 0 Å². The molecule has 3 aromatic rings. The molecule has 0 saturated carbocycles. The first-order chi connectivity index (χ1) is 15.3. The van der Waals surface area contributed by atoms with E-state index < -0.39 is 15.6 Å². The highest BCUT2D eigenvalue weighted by molar-refractivity contribution is 7.61. The minimum absolute atomic E-state index is 0.0880. The fourth-order valence-corrected chi connectivity index (χ4v) is 5.12. The highest BCUT2D eigenvalue weighted by atomic mass is 31.3. The Morgan fingerprint density at radius 3 is 1.18 bits per heavy atom. The topological polar surface area (TPSA) is 143 Å². The van der Waals surface area contributed by atoms with Gasteiger partial charge in [0.05, 0.1) is 0 Å². The van der Waals surface area contributed by atoms with Crippen LogP contribution >= 0.6 is 15.6 Å². The summed E-state index contributed by atoms with van der Waals surface area (Å²) < 4.78 is 38.7. The summed E-state index contributed by atoms with van der Waals surface area (Å²) in [6, 6.07) is 16.1. The zero-order valence-corrected chi connectivity index (χ0v) is 20.3. The molecule has 3 rings (SSSR count). The second-order valence-electron chi connectivity index (χ2n) is 7.16. The predicted molar refractivity (Wildman–Crippen MR) is 124 cm³/mol. The van der Waals surface area contributed by atoms with E-state index in [0.717, 1.165) is 0 Å². The van der Waals surface area contributed by atoms with Crippen LogP contribution in [0.1, 0.15) is 22.3 Å². The van der Waals surface area contributed by atoms with Gasteiger partial charge >= 0.3 is 15.6 Å². The Labute approximate surface area is 192 Å². The van der Waals surface area contributed by atoms with Gasteiger partial charge in [0.15, 0.2) is 0 Å². The minimum atomic E-state index is -4.90.